The fourth-order valence-electron chi connectivity index (χ4n) is 2.11. The minimum Gasteiger partial charge on any atom is -0.346 e. The molecule has 5 nitrogen and oxygen atoms in total. The van der Waals surface area contributed by atoms with E-state index in [2.05, 4.69) is 5.32 Å². The Balaban J connectivity index is 2.21. The Morgan fingerprint density at radius 3 is 2.30 bits per heavy atom. The highest BCUT2D eigenvalue weighted by molar-refractivity contribution is 7.89. The number of carbonyl (C=O) groups is 1. The van der Waals surface area contributed by atoms with Crippen LogP contribution in [0.1, 0.15) is 28.9 Å². The van der Waals surface area contributed by atoms with Gasteiger partial charge >= 0.3 is 0 Å². The molecule has 0 aliphatic rings. The predicted octanol–water partition coefficient (Wildman–Crippen LogP) is 2.43. The molecule has 0 bridgehead atoms. The Bertz CT molecular complexity index is 786. The van der Waals surface area contributed by atoms with E-state index in [1.54, 1.807) is 12.1 Å². The molecule has 0 aliphatic carbocycles. The average Bonchev–Trinajstić information content (AvgIpc) is 2.55. The lowest BCUT2D eigenvalue weighted by atomic mass is 10.1. The smallest absolute Gasteiger partial charge is 0.251 e. The van der Waals surface area contributed by atoms with E-state index in [1.165, 1.54) is 26.2 Å². The van der Waals surface area contributed by atoms with Crippen LogP contribution in [0.3, 0.4) is 0 Å². The van der Waals surface area contributed by atoms with Crippen molar-refractivity contribution in [1.29, 1.82) is 0 Å². The Morgan fingerprint density at radius 1 is 1.04 bits per heavy atom. The number of carbonyl (C=O) groups excluding carboxylic acids is 1. The van der Waals surface area contributed by atoms with Gasteiger partial charge in [0.25, 0.3) is 5.91 Å². The first-order chi connectivity index (χ1) is 10.8. The third kappa shape index (κ3) is 3.97. The van der Waals surface area contributed by atoms with Crippen LogP contribution in [0.5, 0.6) is 0 Å². The number of nitrogens with zero attached hydrogens (tertiary/aromatic N) is 1. The summed E-state index contributed by atoms with van der Waals surface area (Å²) < 4.78 is 25.4. The number of rotatable bonds is 5. The zero-order chi connectivity index (χ0) is 17.0. The molecule has 0 fully saturated rings. The molecule has 0 saturated heterocycles. The maximum atomic E-state index is 12.4. The molecule has 2 rings (SSSR count). The van der Waals surface area contributed by atoms with Crippen molar-refractivity contribution in [3.63, 3.8) is 0 Å². The summed E-state index contributed by atoms with van der Waals surface area (Å²) in [7, 11) is -0.644. The molecular formula is C17H20N2O3S. The van der Waals surface area contributed by atoms with Gasteiger partial charge in [0.2, 0.25) is 10.0 Å². The molecule has 0 radical (unpaired) electrons. The van der Waals surface area contributed by atoms with Gasteiger partial charge in [0.05, 0.1) is 10.9 Å². The summed E-state index contributed by atoms with van der Waals surface area (Å²) in [5.74, 6) is -0.308. The number of nitrogens with one attached hydrogen (secondary N) is 1. The lowest BCUT2D eigenvalue weighted by Crippen LogP contribution is -2.27. The van der Waals surface area contributed by atoms with Gasteiger partial charge in [-0.15, -0.1) is 0 Å². The van der Waals surface area contributed by atoms with Crippen LogP contribution in [0.4, 0.5) is 0 Å². The van der Waals surface area contributed by atoms with Crippen molar-refractivity contribution in [3.05, 3.63) is 65.7 Å². The molecule has 0 spiro atoms. The number of sulfonamides is 1. The summed E-state index contributed by atoms with van der Waals surface area (Å²) in [6, 6.07) is 15.4. The number of hydrogen-bond acceptors (Lipinski definition) is 3. The minimum atomic E-state index is -3.56. The van der Waals surface area contributed by atoms with Gasteiger partial charge in [-0.25, -0.2) is 12.7 Å². The molecule has 23 heavy (non-hydrogen) atoms. The summed E-state index contributed by atoms with van der Waals surface area (Å²) in [6.07, 6.45) is 0. The fraction of sp³-hybridized carbons (Fsp3) is 0.235. The summed E-state index contributed by atoms with van der Waals surface area (Å²) in [4.78, 5) is 12.5. The van der Waals surface area contributed by atoms with Crippen molar-refractivity contribution in [2.45, 2.75) is 17.9 Å². The molecular weight excluding hydrogens is 312 g/mol. The van der Waals surface area contributed by atoms with Gasteiger partial charge in [0.1, 0.15) is 0 Å². The number of amides is 1. The number of hydrogen-bond donors (Lipinski definition) is 1. The van der Waals surface area contributed by atoms with Gasteiger partial charge in [-0.05, 0) is 30.7 Å². The highest BCUT2D eigenvalue weighted by Gasteiger charge is 2.19. The zero-order valence-electron chi connectivity index (χ0n) is 13.4. The number of benzene rings is 2. The zero-order valence-corrected chi connectivity index (χ0v) is 14.2. The van der Waals surface area contributed by atoms with Gasteiger partial charge in [-0.2, -0.15) is 0 Å². The van der Waals surface area contributed by atoms with Crippen LogP contribution >= 0.6 is 0 Å². The Kier molecular flexibility index (Phi) is 5.18. The monoisotopic (exact) mass is 332 g/mol. The van der Waals surface area contributed by atoms with Crippen molar-refractivity contribution < 1.29 is 13.2 Å². The summed E-state index contributed by atoms with van der Waals surface area (Å²) in [5.41, 5.74) is 1.30. The van der Waals surface area contributed by atoms with E-state index in [-0.39, 0.29) is 16.8 Å². The molecule has 0 heterocycles. The van der Waals surface area contributed by atoms with Gasteiger partial charge in [-0.1, -0.05) is 36.4 Å². The van der Waals surface area contributed by atoms with Crippen molar-refractivity contribution in [3.8, 4) is 0 Å². The average molecular weight is 332 g/mol. The first-order valence-corrected chi connectivity index (χ1v) is 8.65. The first-order valence-electron chi connectivity index (χ1n) is 7.21. The molecule has 6 heteroatoms. The summed E-state index contributed by atoms with van der Waals surface area (Å²) in [5, 5.41) is 2.87. The lowest BCUT2D eigenvalue weighted by Gasteiger charge is -2.15. The molecule has 1 N–H and O–H groups in total. The molecule has 0 unspecified atom stereocenters. The van der Waals surface area contributed by atoms with E-state index in [1.807, 2.05) is 37.3 Å². The normalized spacial score (nSPS) is 12.9. The SMILES string of the molecule is C[C@H](NC(=O)c1cccc(S(=O)(=O)N(C)C)c1)c1ccccc1. The predicted molar refractivity (Wildman–Crippen MR) is 89.6 cm³/mol. The Hall–Kier alpha value is -2.18. The van der Waals surface area contributed by atoms with Crippen molar-refractivity contribution in [2.24, 2.45) is 0 Å². The molecule has 0 aliphatic heterocycles. The van der Waals surface area contributed by atoms with E-state index < -0.39 is 10.0 Å². The molecule has 1 atom stereocenters. The Labute approximate surface area is 137 Å². The third-order valence-corrected chi connectivity index (χ3v) is 5.33. The maximum Gasteiger partial charge on any atom is 0.251 e. The molecule has 0 aromatic heterocycles. The standard InChI is InChI=1S/C17H20N2O3S/c1-13(14-8-5-4-6-9-14)18-17(20)15-10-7-11-16(12-15)23(21,22)19(2)3/h4-13H,1-3H3,(H,18,20)/t13-/m0/s1. The van der Waals surface area contributed by atoms with Crippen LogP contribution in [-0.4, -0.2) is 32.7 Å². The maximum absolute atomic E-state index is 12.4. The largest absolute Gasteiger partial charge is 0.346 e. The van der Waals surface area contributed by atoms with Crippen molar-refractivity contribution in [1.82, 2.24) is 9.62 Å². The van der Waals surface area contributed by atoms with E-state index in [0.29, 0.717) is 5.56 Å². The second-order valence-corrected chi connectivity index (χ2v) is 7.57. The van der Waals surface area contributed by atoms with Crippen molar-refractivity contribution in [2.75, 3.05) is 14.1 Å². The van der Waals surface area contributed by atoms with Gasteiger partial charge in [-0.3, -0.25) is 4.79 Å². The minimum absolute atomic E-state index is 0.0996. The van der Waals surface area contributed by atoms with E-state index >= 15 is 0 Å². The first kappa shape index (κ1) is 17.2. The fourth-order valence-corrected chi connectivity index (χ4v) is 3.06. The Morgan fingerprint density at radius 2 is 1.70 bits per heavy atom. The van der Waals surface area contributed by atoms with E-state index in [4.69, 9.17) is 0 Å². The van der Waals surface area contributed by atoms with E-state index in [9.17, 15) is 13.2 Å². The van der Waals surface area contributed by atoms with Gasteiger partial charge in [0, 0.05) is 19.7 Å². The second-order valence-electron chi connectivity index (χ2n) is 5.42. The quantitative estimate of drug-likeness (QED) is 0.914. The van der Waals surface area contributed by atoms with Crippen LogP contribution in [0, 0.1) is 0 Å². The van der Waals surface area contributed by atoms with E-state index in [0.717, 1.165) is 9.87 Å². The summed E-state index contributed by atoms with van der Waals surface area (Å²) >= 11 is 0. The van der Waals surface area contributed by atoms with Gasteiger partial charge < -0.3 is 5.32 Å². The molecule has 122 valence electrons. The third-order valence-electron chi connectivity index (χ3n) is 3.52. The van der Waals surface area contributed by atoms with Crippen LogP contribution in [0.15, 0.2) is 59.5 Å². The highest BCUT2D eigenvalue weighted by Crippen LogP contribution is 2.16. The summed E-state index contributed by atoms with van der Waals surface area (Å²) in [6.45, 7) is 1.88. The molecule has 1 amide bonds. The van der Waals surface area contributed by atoms with Crippen LogP contribution in [0.2, 0.25) is 0 Å². The lowest BCUT2D eigenvalue weighted by molar-refractivity contribution is 0.0939. The highest BCUT2D eigenvalue weighted by atomic mass is 32.2. The van der Waals surface area contributed by atoms with Gasteiger partial charge in [0.15, 0.2) is 0 Å². The van der Waals surface area contributed by atoms with Crippen LogP contribution < -0.4 is 5.32 Å². The molecule has 0 saturated carbocycles. The molecule has 2 aromatic carbocycles. The molecule has 2 aromatic rings. The van der Waals surface area contributed by atoms with Crippen LogP contribution in [0.25, 0.3) is 0 Å². The second kappa shape index (κ2) is 6.93. The van der Waals surface area contributed by atoms with Crippen LogP contribution in [-0.2, 0) is 10.0 Å². The van der Waals surface area contributed by atoms with Crippen molar-refractivity contribution >= 4 is 15.9 Å². The topological polar surface area (TPSA) is 66.5 Å².